The summed E-state index contributed by atoms with van der Waals surface area (Å²) in [6, 6.07) is 5.14. The molecule has 1 aromatic carbocycles. The minimum atomic E-state index is -0.252. The number of aromatic nitrogens is 1. The number of para-hydroxylation sites is 1. The van der Waals surface area contributed by atoms with Crippen LogP contribution in [0.2, 0.25) is 0 Å². The van der Waals surface area contributed by atoms with Crippen LogP contribution in [0.15, 0.2) is 18.2 Å². The minimum absolute atomic E-state index is 0.252. The van der Waals surface area contributed by atoms with Crippen molar-refractivity contribution >= 4 is 16.6 Å². The van der Waals surface area contributed by atoms with Crippen molar-refractivity contribution in [3.05, 3.63) is 35.3 Å². The third kappa shape index (κ3) is 2.17. The van der Waals surface area contributed by atoms with E-state index in [1.807, 2.05) is 13.0 Å². The molecule has 2 nitrogen and oxygen atoms in total. The largest absolute Gasteiger partial charge is 0.384 e. The maximum atomic E-state index is 13.8. The van der Waals surface area contributed by atoms with Gasteiger partial charge in [0.05, 0.1) is 0 Å². The van der Waals surface area contributed by atoms with Gasteiger partial charge in [0.1, 0.15) is 11.3 Å². The van der Waals surface area contributed by atoms with Crippen LogP contribution in [0, 0.1) is 12.7 Å². The number of rotatable bonds is 4. The number of anilines is 1. The van der Waals surface area contributed by atoms with Crippen molar-refractivity contribution in [3.8, 4) is 0 Å². The Kier molecular flexibility index (Phi) is 3.80. The van der Waals surface area contributed by atoms with Crippen LogP contribution in [0.3, 0.4) is 0 Å². The Bertz CT molecular complexity index is 564. The molecule has 0 spiro atoms. The first kappa shape index (κ1) is 12.8. The van der Waals surface area contributed by atoms with Crippen LogP contribution < -0.4 is 5.32 Å². The zero-order valence-corrected chi connectivity index (χ0v) is 11.2. The summed E-state index contributed by atoms with van der Waals surface area (Å²) in [6.07, 6.45) is 1.94. The number of hydrogen-bond acceptors (Lipinski definition) is 2. The fourth-order valence-corrected chi connectivity index (χ4v) is 2.29. The molecular weight excluding hydrogens is 227 g/mol. The SMILES string of the molecule is CCCNc1c(CC)c(C)nc2c(F)cccc12. The lowest BCUT2D eigenvalue weighted by Gasteiger charge is -2.16. The van der Waals surface area contributed by atoms with Crippen molar-refractivity contribution in [1.82, 2.24) is 4.98 Å². The molecule has 1 N–H and O–H groups in total. The highest BCUT2D eigenvalue weighted by molar-refractivity contribution is 5.93. The minimum Gasteiger partial charge on any atom is -0.384 e. The summed E-state index contributed by atoms with van der Waals surface area (Å²) in [5.41, 5.74) is 3.60. The van der Waals surface area contributed by atoms with E-state index in [1.54, 1.807) is 6.07 Å². The van der Waals surface area contributed by atoms with Crippen molar-refractivity contribution in [2.24, 2.45) is 0 Å². The van der Waals surface area contributed by atoms with E-state index in [9.17, 15) is 4.39 Å². The molecule has 0 aliphatic carbocycles. The van der Waals surface area contributed by atoms with Crippen molar-refractivity contribution in [3.63, 3.8) is 0 Å². The van der Waals surface area contributed by atoms with Crippen molar-refractivity contribution in [2.45, 2.75) is 33.6 Å². The summed E-state index contributed by atoms with van der Waals surface area (Å²) < 4.78 is 13.8. The molecule has 0 radical (unpaired) electrons. The molecule has 1 aromatic heterocycles. The smallest absolute Gasteiger partial charge is 0.149 e. The summed E-state index contributed by atoms with van der Waals surface area (Å²) in [4.78, 5) is 4.40. The highest BCUT2D eigenvalue weighted by atomic mass is 19.1. The Hall–Kier alpha value is -1.64. The van der Waals surface area contributed by atoms with Gasteiger partial charge in [0.15, 0.2) is 0 Å². The van der Waals surface area contributed by atoms with Gasteiger partial charge in [0.2, 0.25) is 0 Å². The van der Waals surface area contributed by atoms with E-state index in [0.717, 1.165) is 36.2 Å². The first-order valence-electron chi connectivity index (χ1n) is 6.50. The number of aryl methyl sites for hydroxylation is 1. The first-order valence-corrected chi connectivity index (χ1v) is 6.50. The predicted octanol–water partition coefficient (Wildman–Crippen LogP) is 4.07. The van der Waals surface area contributed by atoms with Crippen LogP contribution in [0.1, 0.15) is 31.5 Å². The van der Waals surface area contributed by atoms with Gasteiger partial charge in [-0.2, -0.15) is 0 Å². The summed E-state index contributed by atoms with van der Waals surface area (Å²) in [5.74, 6) is -0.252. The Morgan fingerprint density at radius 3 is 2.72 bits per heavy atom. The zero-order chi connectivity index (χ0) is 13.1. The van der Waals surface area contributed by atoms with Crippen LogP contribution in [-0.4, -0.2) is 11.5 Å². The van der Waals surface area contributed by atoms with Crippen LogP contribution in [0.25, 0.3) is 10.9 Å². The van der Waals surface area contributed by atoms with Gasteiger partial charge >= 0.3 is 0 Å². The van der Waals surface area contributed by atoms with E-state index in [-0.39, 0.29) is 5.82 Å². The van der Waals surface area contributed by atoms with Gasteiger partial charge in [-0.15, -0.1) is 0 Å². The van der Waals surface area contributed by atoms with E-state index in [2.05, 4.69) is 24.1 Å². The van der Waals surface area contributed by atoms with Crippen LogP contribution in [0.5, 0.6) is 0 Å². The van der Waals surface area contributed by atoms with E-state index >= 15 is 0 Å². The number of benzene rings is 1. The standard InChI is InChI=1S/C15H19FN2/c1-4-9-17-14-11(5-2)10(3)18-15-12(14)7-6-8-13(15)16/h6-8H,4-5,9H2,1-3H3,(H,17,18). The molecule has 0 fully saturated rings. The van der Waals surface area contributed by atoms with E-state index in [0.29, 0.717) is 5.52 Å². The molecular formula is C15H19FN2. The van der Waals surface area contributed by atoms with Gasteiger partial charge in [-0.1, -0.05) is 26.0 Å². The van der Waals surface area contributed by atoms with Gasteiger partial charge in [-0.3, -0.25) is 0 Å². The Labute approximate surface area is 107 Å². The first-order chi connectivity index (χ1) is 8.69. The van der Waals surface area contributed by atoms with Crippen molar-refractivity contribution in [2.75, 3.05) is 11.9 Å². The molecule has 0 saturated heterocycles. The Morgan fingerprint density at radius 2 is 2.06 bits per heavy atom. The number of fused-ring (bicyclic) bond motifs is 1. The third-order valence-electron chi connectivity index (χ3n) is 3.18. The number of nitrogens with zero attached hydrogens (tertiary/aromatic N) is 1. The lowest BCUT2D eigenvalue weighted by molar-refractivity contribution is 0.636. The summed E-state index contributed by atoms with van der Waals surface area (Å²) >= 11 is 0. The van der Waals surface area contributed by atoms with Crippen molar-refractivity contribution in [1.29, 1.82) is 0 Å². The average Bonchev–Trinajstić information content (AvgIpc) is 2.37. The molecule has 0 aliphatic heterocycles. The molecule has 0 atom stereocenters. The van der Waals surface area contributed by atoms with Crippen LogP contribution >= 0.6 is 0 Å². The number of halogens is 1. The second-order valence-corrected chi connectivity index (χ2v) is 4.47. The van der Waals surface area contributed by atoms with Gasteiger partial charge < -0.3 is 5.32 Å². The molecule has 2 rings (SSSR count). The maximum Gasteiger partial charge on any atom is 0.149 e. The molecule has 0 bridgehead atoms. The maximum absolute atomic E-state index is 13.8. The quantitative estimate of drug-likeness (QED) is 0.879. The Morgan fingerprint density at radius 1 is 1.28 bits per heavy atom. The predicted molar refractivity (Wildman–Crippen MR) is 74.6 cm³/mol. The number of nitrogens with one attached hydrogen (secondary N) is 1. The highest BCUT2D eigenvalue weighted by Crippen LogP contribution is 2.30. The zero-order valence-electron chi connectivity index (χ0n) is 11.2. The van der Waals surface area contributed by atoms with Gasteiger partial charge in [0, 0.05) is 23.3 Å². The topological polar surface area (TPSA) is 24.9 Å². The molecule has 0 saturated carbocycles. The molecule has 0 amide bonds. The molecule has 0 unspecified atom stereocenters. The monoisotopic (exact) mass is 246 g/mol. The lowest BCUT2D eigenvalue weighted by Crippen LogP contribution is -2.07. The number of hydrogen-bond donors (Lipinski definition) is 1. The molecule has 96 valence electrons. The third-order valence-corrected chi connectivity index (χ3v) is 3.18. The normalized spacial score (nSPS) is 10.9. The average molecular weight is 246 g/mol. The fraction of sp³-hybridized carbons (Fsp3) is 0.400. The van der Waals surface area contributed by atoms with Crippen LogP contribution in [0.4, 0.5) is 10.1 Å². The lowest BCUT2D eigenvalue weighted by atomic mass is 10.0. The van der Waals surface area contributed by atoms with Crippen LogP contribution in [-0.2, 0) is 6.42 Å². The van der Waals surface area contributed by atoms with Gasteiger partial charge in [-0.25, -0.2) is 9.37 Å². The van der Waals surface area contributed by atoms with Gasteiger partial charge in [0.25, 0.3) is 0 Å². The molecule has 1 heterocycles. The van der Waals surface area contributed by atoms with E-state index < -0.39 is 0 Å². The summed E-state index contributed by atoms with van der Waals surface area (Å²) in [6.45, 7) is 7.06. The summed E-state index contributed by atoms with van der Waals surface area (Å²) in [7, 11) is 0. The number of pyridine rings is 1. The molecule has 0 aliphatic rings. The van der Waals surface area contributed by atoms with E-state index in [1.165, 1.54) is 11.6 Å². The molecule has 3 heteroatoms. The van der Waals surface area contributed by atoms with E-state index in [4.69, 9.17) is 0 Å². The van der Waals surface area contributed by atoms with Crippen molar-refractivity contribution < 1.29 is 4.39 Å². The second kappa shape index (κ2) is 5.34. The highest BCUT2D eigenvalue weighted by Gasteiger charge is 2.13. The summed E-state index contributed by atoms with van der Waals surface area (Å²) in [5, 5.41) is 4.30. The molecule has 2 aromatic rings. The Balaban J connectivity index is 2.71. The second-order valence-electron chi connectivity index (χ2n) is 4.47. The molecule has 18 heavy (non-hydrogen) atoms. The fourth-order valence-electron chi connectivity index (χ4n) is 2.29. The van der Waals surface area contributed by atoms with Gasteiger partial charge in [-0.05, 0) is 31.4 Å².